The molecule has 1 nitrogen and oxygen atoms in total. The number of aryl methyl sites for hydroxylation is 1. The van der Waals surface area contributed by atoms with Gasteiger partial charge in [0, 0.05) is 23.4 Å². The first-order valence-corrected chi connectivity index (χ1v) is 5.66. The van der Waals surface area contributed by atoms with Gasteiger partial charge in [0.25, 0.3) is 0 Å². The lowest BCUT2D eigenvalue weighted by Gasteiger charge is -2.06. The van der Waals surface area contributed by atoms with Gasteiger partial charge >= 0.3 is 0 Å². The maximum atomic E-state index is 6.17. The zero-order valence-corrected chi connectivity index (χ0v) is 9.65. The summed E-state index contributed by atoms with van der Waals surface area (Å²) in [6.07, 6.45) is 0. The summed E-state index contributed by atoms with van der Waals surface area (Å²) in [5.41, 5.74) is 2.35. The second kappa shape index (κ2) is 3.87. The first-order valence-electron chi connectivity index (χ1n) is 4.65. The fraction of sp³-hybridized carbons (Fsp3) is 0.273. The highest BCUT2D eigenvalue weighted by Crippen LogP contribution is 2.27. The summed E-state index contributed by atoms with van der Waals surface area (Å²) in [7, 11) is 0. The Morgan fingerprint density at radius 1 is 1.43 bits per heavy atom. The molecule has 0 fully saturated rings. The zero-order valence-electron chi connectivity index (χ0n) is 8.00. The lowest BCUT2D eigenvalue weighted by atomic mass is 10.2. The Labute approximate surface area is 94.1 Å². The van der Waals surface area contributed by atoms with Crippen molar-refractivity contribution < 1.29 is 0 Å². The maximum Gasteiger partial charge on any atom is 0.0672 e. The molecule has 74 valence electrons. The normalized spacial score (nSPS) is 11.1. The second-order valence-electron chi connectivity index (χ2n) is 3.22. The molecule has 0 saturated heterocycles. The molecule has 0 spiro atoms. The van der Waals surface area contributed by atoms with Crippen LogP contribution in [0.15, 0.2) is 24.3 Å². The van der Waals surface area contributed by atoms with Crippen LogP contribution < -0.4 is 0 Å². The molecule has 2 rings (SSSR count). The van der Waals surface area contributed by atoms with Gasteiger partial charge in [-0.05, 0) is 19.1 Å². The summed E-state index contributed by atoms with van der Waals surface area (Å²) in [4.78, 5) is 0. The van der Waals surface area contributed by atoms with Crippen LogP contribution in [0, 0.1) is 0 Å². The number of fused-ring (bicyclic) bond motifs is 1. The van der Waals surface area contributed by atoms with E-state index in [1.54, 1.807) is 0 Å². The Balaban J connectivity index is 2.81. The number of rotatable bonds is 2. The van der Waals surface area contributed by atoms with Gasteiger partial charge in [0.15, 0.2) is 0 Å². The molecule has 1 aromatic heterocycles. The van der Waals surface area contributed by atoms with E-state index < -0.39 is 0 Å². The van der Waals surface area contributed by atoms with Crippen LogP contribution >= 0.6 is 24.2 Å². The molecule has 14 heavy (non-hydrogen) atoms. The van der Waals surface area contributed by atoms with Crippen LogP contribution in [0.25, 0.3) is 10.9 Å². The molecule has 0 atom stereocenters. The SMILES string of the molecule is CCn1c(CS)cc2cccc(Cl)c21. The maximum absolute atomic E-state index is 6.17. The minimum absolute atomic E-state index is 0.749. The van der Waals surface area contributed by atoms with Gasteiger partial charge in [-0.2, -0.15) is 12.6 Å². The molecule has 0 unspecified atom stereocenters. The minimum Gasteiger partial charge on any atom is -0.343 e. The largest absolute Gasteiger partial charge is 0.343 e. The number of aromatic nitrogens is 1. The monoisotopic (exact) mass is 225 g/mol. The summed E-state index contributed by atoms with van der Waals surface area (Å²) in [6, 6.07) is 8.14. The van der Waals surface area contributed by atoms with Crippen molar-refractivity contribution in [1.82, 2.24) is 4.57 Å². The average molecular weight is 226 g/mol. The topological polar surface area (TPSA) is 4.93 Å². The van der Waals surface area contributed by atoms with E-state index in [1.165, 1.54) is 11.1 Å². The quantitative estimate of drug-likeness (QED) is 0.743. The number of halogens is 1. The Morgan fingerprint density at radius 3 is 2.86 bits per heavy atom. The van der Waals surface area contributed by atoms with Crippen LogP contribution in [0.3, 0.4) is 0 Å². The van der Waals surface area contributed by atoms with Crippen LogP contribution in [0.2, 0.25) is 5.02 Å². The number of hydrogen-bond donors (Lipinski definition) is 1. The molecule has 0 radical (unpaired) electrons. The van der Waals surface area contributed by atoms with Gasteiger partial charge in [-0.3, -0.25) is 0 Å². The van der Waals surface area contributed by atoms with Gasteiger partial charge in [-0.15, -0.1) is 0 Å². The van der Waals surface area contributed by atoms with Gasteiger partial charge < -0.3 is 4.57 Å². The average Bonchev–Trinajstić information content (AvgIpc) is 2.56. The van der Waals surface area contributed by atoms with Gasteiger partial charge in [0.2, 0.25) is 0 Å². The van der Waals surface area contributed by atoms with Crippen LogP contribution in [0.5, 0.6) is 0 Å². The summed E-state index contributed by atoms with van der Waals surface area (Å²) < 4.78 is 2.21. The molecule has 0 saturated carbocycles. The van der Waals surface area contributed by atoms with Crippen molar-refractivity contribution in [2.24, 2.45) is 0 Å². The zero-order chi connectivity index (χ0) is 10.1. The fourth-order valence-corrected chi connectivity index (χ4v) is 2.37. The molecule has 0 N–H and O–H groups in total. The van der Waals surface area contributed by atoms with Crippen molar-refractivity contribution in [3.8, 4) is 0 Å². The first kappa shape index (κ1) is 9.94. The van der Waals surface area contributed by atoms with Crippen LogP contribution in [-0.2, 0) is 12.3 Å². The Morgan fingerprint density at radius 2 is 2.21 bits per heavy atom. The standard InChI is InChI=1S/C11H12ClNS/c1-2-13-9(7-14)6-8-4-3-5-10(12)11(8)13/h3-6,14H,2,7H2,1H3. The molecule has 3 heteroatoms. The van der Waals surface area contributed by atoms with E-state index in [0.29, 0.717) is 0 Å². The molecule has 0 amide bonds. The third-order valence-corrected chi connectivity index (χ3v) is 3.06. The van der Waals surface area contributed by atoms with Gasteiger partial charge in [0.1, 0.15) is 0 Å². The molecule has 1 heterocycles. The van der Waals surface area contributed by atoms with E-state index in [-0.39, 0.29) is 0 Å². The molecule has 0 aliphatic rings. The number of benzene rings is 1. The molecule has 0 aliphatic carbocycles. The summed E-state index contributed by atoms with van der Waals surface area (Å²) in [6.45, 7) is 3.05. The molecular weight excluding hydrogens is 214 g/mol. The van der Waals surface area contributed by atoms with Crippen molar-refractivity contribution in [3.05, 3.63) is 35.0 Å². The molecule has 0 bridgehead atoms. The highest BCUT2D eigenvalue weighted by molar-refractivity contribution is 7.79. The third kappa shape index (κ3) is 1.43. The molecule has 2 aromatic rings. The number of para-hydroxylation sites is 1. The van der Waals surface area contributed by atoms with E-state index in [1.807, 2.05) is 12.1 Å². The van der Waals surface area contributed by atoms with Crippen LogP contribution in [-0.4, -0.2) is 4.57 Å². The smallest absolute Gasteiger partial charge is 0.0672 e. The van der Waals surface area contributed by atoms with E-state index in [4.69, 9.17) is 11.6 Å². The Hall–Kier alpha value is -0.600. The van der Waals surface area contributed by atoms with Crippen LogP contribution in [0.4, 0.5) is 0 Å². The van der Waals surface area contributed by atoms with E-state index in [0.717, 1.165) is 22.8 Å². The van der Waals surface area contributed by atoms with E-state index in [9.17, 15) is 0 Å². The van der Waals surface area contributed by atoms with Crippen molar-refractivity contribution >= 4 is 35.1 Å². The first-order chi connectivity index (χ1) is 6.77. The molecule has 1 aromatic carbocycles. The predicted molar refractivity (Wildman–Crippen MR) is 65.3 cm³/mol. The second-order valence-corrected chi connectivity index (χ2v) is 3.94. The third-order valence-electron chi connectivity index (χ3n) is 2.43. The van der Waals surface area contributed by atoms with Gasteiger partial charge in [0.05, 0.1) is 10.5 Å². The minimum atomic E-state index is 0.749. The van der Waals surface area contributed by atoms with E-state index in [2.05, 4.69) is 36.3 Å². The highest BCUT2D eigenvalue weighted by Gasteiger charge is 2.08. The van der Waals surface area contributed by atoms with Crippen molar-refractivity contribution in [3.63, 3.8) is 0 Å². The Bertz CT molecular complexity index is 462. The summed E-state index contributed by atoms with van der Waals surface area (Å²) >= 11 is 10.5. The number of thiol groups is 1. The van der Waals surface area contributed by atoms with Gasteiger partial charge in [-0.25, -0.2) is 0 Å². The van der Waals surface area contributed by atoms with Crippen molar-refractivity contribution in [2.45, 2.75) is 19.2 Å². The van der Waals surface area contributed by atoms with E-state index >= 15 is 0 Å². The summed E-state index contributed by atoms with van der Waals surface area (Å²) in [5.74, 6) is 0.749. The van der Waals surface area contributed by atoms with Crippen molar-refractivity contribution in [1.29, 1.82) is 0 Å². The summed E-state index contributed by atoms with van der Waals surface area (Å²) in [5, 5.41) is 2.01. The van der Waals surface area contributed by atoms with Crippen molar-refractivity contribution in [2.75, 3.05) is 0 Å². The van der Waals surface area contributed by atoms with Gasteiger partial charge in [-0.1, -0.05) is 23.7 Å². The number of nitrogens with zero attached hydrogens (tertiary/aromatic N) is 1. The molecular formula is C11H12ClNS. The number of hydrogen-bond acceptors (Lipinski definition) is 1. The predicted octanol–water partition coefficient (Wildman–Crippen LogP) is 3.74. The Kier molecular flexibility index (Phi) is 2.75. The highest BCUT2D eigenvalue weighted by atomic mass is 35.5. The lowest BCUT2D eigenvalue weighted by molar-refractivity contribution is 0.766. The fourth-order valence-electron chi connectivity index (χ4n) is 1.83. The molecule has 0 aliphatic heterocycles. The van der Waals surface area contributed by atoms with Crippen LogP contribution in [0.1, 0.15) is 12.6 Å². The lowest BCUT2D eigenvalue weighted by Crippen LogP contribution is -1.98.